The van der Waals surface area contributed by atoms with Gasteiger partial charge in [0.25, 0.3) is 5.69 Å². The second-order valence-electron chi connectivity index (χ2n) is 3.09. The summed E-state index contributed by atoms with van der Waals surface area (Å²) in [5.74, 6) is 0. The topological polar surface area (TPSA) is 89.4 Å². The van der Waals surface area contributed by atoms with Gasteiger partial charge in [-0.25, -0.2) is 0 Å². The molecule has 1 aromatic carbocycles. The highest BCUT2D eigenvalue weighted by molar-refractivity contribution is 5.43. The number of hydrogen-bond donors (Lipinski definition) is 2. The molecule has 5 heteroatoms. The molecule has 0 aliphatic heterocycles. The smallest absolute Gasteiger partial charge is 0.272 e. The first-order valence-corrected chi connectivity index (χ1v) is 4.17. The van der Waals surface area contributed by atoms with Crippen LogP contribution in [0.1, 0.15) is 17.2 Å². The van der Waals surface area contributed by atoms with Crippen LogP contribution < -0.4 is 5.73 Å². The standard InChI is InChI=1S/C9H12N2O3/c1-6-2-3-7(8(10)5-12)4-9(6)11(13)14/h2-4,8,12H,5,10H2,1H3/t8-/m1/s1. The highest BCUT2D eigenvalue weighted by Crippen LogP contribution is 2.21. The lowest BCUT2D eigenvalue weighted by atomic mass is 10.1. The maximum Gasteiger partial charge on any atom is 0.272 e. The number of nitrogens with zero attached hydrogens (tertiary/aromatic N) is 1. The molecule has 5 nitrogen and oxygen atoms in total. The third kappa shape index (κ3) is 2.07. The first-order chi connectivity index (χ1) is 6.56. The fourth-order valence-electron chi connectivity index (χ4n) is 1.16. The SMILES string of the molecule is Cc1ccc([C@H](N)CO)cc1[N+](=O)[O-]. The second-order valence-corrected chi connectivity index (χ2v) is 3.09. The van der Waals surface area contributed by atoms with Crippen molar-refractivity contribution in [1.82, 2.24) is 0 Å². The van der Waals surface area contributed by atoms with E-state index in [4.69, 9.17) is 10.8 Å². The van der Waals surface area contributed by atoms with Gasteiger partial charge >= 0.3 is 0 Å². The van der Waals surface area contributed by atoms with E-state index >= 15 is 0 Å². The molecular formula is C9H12N2O3. The van der Waals surface area contributed by atoms with Crippen molar-refractivity contribution in [3.8, 4) is 0 Å². The van der Waals surface area contributed by atoms with Gasteiger partial charge in [-0.05, 0) is 12.5 Å². The first kappa shape index (κ1) is 10.6. The third-order valence-electron chi connectivity index (χ3n) is 2.05. The van der Waals surface area contributed by atoms with Crippen molar-refractivity contribution in [2.75, 3.05) is 6.61 Å². The van der Waals surface area contributed by atoms with E-state index < -0.39 is 11.0 Å². The Morgan fingerprint density at radius 2 is 2.29 bits per heavy atom. The normalized spacial score (nSPS) is 12.5. The number of hydrogen-bond acceptors (Lipinski definition) is 4. The fraction of sp³-hybridized carbons (Fsp3) is 0.333. The van der Waals surface area contributed by atoms with Crippen molar-refractivity contribution in [3.05, 3.63) is 39.4 Å². The highest BCUT2D eigenvalue weighted by Gasteiger charge is 2.13. The van der Waals surface area contributed by atoms with E-state index in [2.05, 4.69) is 0 Å². The van der Waals surface area contributed by atoms with Gasteiger partial charge in [0.15, 0.2) is 0 Å². The third-order valence-corrected chi connectivity index (χ3v) is 2.05. The Morgan fingerprint density at radius 3 is 2.79 bits per heavy atom. The molecule has 14 heavy (non-hydrogen) atoms. The average molecular weight is 196 g/mol. The zero-order chi connectivity index (χ0) is 10.7. The molecule has 0 fully saturated rings. The van der Waals surface area contributed by atoms with Gasteiger partial charge in [0.1, 0.15) is 0 Å². The molecule has 0 saturated carbocycles. The molecule has 3 N–H and O–H groups in total. The number of aliphatic hydroxyl groups is 1. The molecule has 0 aliphatic rings. The van der Waals surface area contributed by atoms with Gasteiger partial charge in [0, 0.05) is 11.6 Å². The van der Waals surface area contributed by atoms with Crippen molar-refractivity contribution in [3.63, 3.8) is 0 Å². The first-order valence-electron chi connectivity index (χ1n) is 4.17. The molecule has 0 aromatic heterocycles. The lowest BCUT2D eigenvalue weighted by Gasteiger charge is -2.08. The summed E-state index contributed by atoms with van der Waals surface area (Å²) in [6.45, 7) is 1.44. The average Bonchev–Trinajstić information content (AvgIpc) is 2.17. The zero-order valence-corrected chi connectivity index (χ0v) is 7.80. The summed E-state index contributed by atoms with van der Waals surface area (Å²) in [5, 5.41) is 19.4. The van der Waals surface area contributed by atoms with Gasteiger partial charge in [-0.1, -0.05) is 12.1 Å². The minimum Gasteiger partial charge on any atom is -0.394 e. The molecule has 0 amide bonds. The number of nitrogens with two attached hydrogens (primary N) is 1. The molecular weight excluding hydrogens is 184 g/mol. The molecule has 0 saturated heterocycles. The lowest BCUT2D eigenvalue weighted by molar-refractivity contribution is -0.385. The lowest BCUT2D eigenvalue weighted by Crippen LogP contribution is -2.14. The Kier molecular flexibility index (Phi) is 3.16. The Balaban J connectivity index is 3.12. The number of rotatable bonds is 3. The van der Waals surface area contributed by atoms with Crippen LogP contribution >= 0.6 is 0 Å². The summed E-state index contributed by atoms with van der Waals surface area (Å²) >= 11 is 0. The van der Waals surface area contributed by atoms with Crippen LogP contribution in [0.3, 0.4) is 0 Å². The number of nitro groups is 1. The van der Waals surface area contributed by atoms with Crippen LogP contribution in [0.2, 0.25) is 0 Å². The molecule has 1 rings (SSSR count). The van der Waals surface area contributed by atoms with Gasteiger partial charge in [0.05, 0.1) is 17.6 Å². The molecule has 0 heterocycles. The maximum atomic E-state index is 10.6. The van der Waals surface area contributed by atoms with E-state index in [9.17, 15) is 10.1 Å². The summed E-state index contributed by atoms with van der Waals surface area (Å²) in [4.78, 5) is 10.1. The summed E-state index contributed by atoms with van der Waals surface area (Å²) < 4.78 is 0. The van der Waals surface area contributed by atoms with Crippen molar-refractivity contribution < 1.29 is 10.0 Å². The predicted molar refractivity (Wildman–Crippen MR) is 51.8 cm³/mol. The highest BCUT2D eigenvalue weighted by atomic mass is 16.6. The minimum atomic E-state index is -0.561. The van der Waals surface area contributed by atoms with Gasteiger partial charge in [0.2, 0.25) is 0 Å². The molecule has 76 valence electrons. The van der Waals surface area contributed by atoms with E-state index in [1.54, 1.807) is 19.1 Å². The van der Waals surface area contributed by atoms with E-state index in [1.807, 2.05) is 0 Å². The summed E-state index contributed by atoms with van der Waals surface area (Å²) in [5.41, 5.74) is 6.74. The fourth-order valence-corrected chi connectivity index (χ4v) is 1.16. The number of aliphatic hydroxyl groups excluding tert-OH is 1. The maximum absolute atomic E-state index is 10.6. The van der Waals surface area contributed by atoms with Crippen molar-refractivity contribution in [2.24, 2.45) is 5.73 Å². The largest absolute Gasteiger partial charge is 0.394 e. The Hall–Kier alpha value is -1.46. The van der Waals surface area contributed by atoms with Crippen LogP contribution in [0.25, 0.3) is 0 Å². The van der Waals surface area contributed by atoms with E-state index in [1.165, 1.54) is 6.07 Å². The second kappa shape index (κ2) is 4.17. The summed E-state index contributed by atoms with van der Waals surface area (Å²) in [7, 11) is 0. The van der Waals surface area contributed by atoms with Crippen LogP contribution in [0, 0.1) is 17.0 Å². The van der Waals surface area contributed by atoms with Crippen LogP contribution in [0.15, 0.2) is 18.2 Å². The van der Waals surface area contributed by atoms with Gasteiger partial charge in [-0.15, -0.1) is 0 Å². The zero-order valence-electron chi connectivity index (χ0n) is 7.80. The van der Waals surface area contributed by atoms with Crippen LogP contribution in [-0.2, 0) is 0 Å². The number of aryl methyl sites for hydroxylation is 1. The molecule has 1 atom stereocenters. The minimum absolute atomic E-state index is 0.0337. The Morgan fingerprint density at radius 1 is 1.64 bits per heavy atom. The van der Waals surface area contributed by atoms with E-state index in [-0.39, 0.29) is 12.3 Å². The van der Waals surface area contributed by atoms with Crippen LogP contribution in [0.5, 0.6) is 0 Å². The number of benzene rings is 1. The predicted octanol–water partition coefficient (Wildman–Crippen LogP) is 0.895. The monoisotopic (exact) mass is 196 g/mol. The van der Waals surface area contributed by atoms with E-state index in [0.29, 0.717) is 11.1 Å². The molecule has 0 spiro atoms. The molecule has 0 radical (unpaired) electrons. The molecule has 1 aromatic rings. The van der Waals surface area contributed by atoms with E-state index in [0.717, 1.165) is 0 Å². The van der Waals surface area contributed by atoms with Crippen molar-refractivity contribution in [1.29, 1.82) is 0 Å². The van der Waals surface area contributed by atoms with Gasteiger partial charge in [-0.3, -0.25) is 10.1 Å². The van der Waals surface area contributed by atoms with Crippen LogP contribution in [0.4, 0.5) is 5.69 Å². The molecule has 0 aliphatic carbocycles. The quantitative estimate of drug-likeness (QED) is 0.555. The number of nitro benzene ring substituents is 1. The summed E-state index contributed by atoms with van der Waals surface area (Å²) in [6, 6.07) is 4.15. The summed E-state index contributed by atoms with van der Waals surface area (Å²) in [6.07, 6.45) is 0. The van der Waals surface area contributed by atoms with Crippen molar-refractivity contribution >= 4 is 5.69 Å². The Bertz CT molecular complexity index is 352. The molecule has 0 unspecified atom stereocenters. The molecule has 0 bridgehead atoms. The Labute approximate surface area is 81.3 Å². The van der Waals surface area contributed by atoms with Gasteiger partial charge < -0.3 is 10.8 Å². The van der Waals surface area contributed by atoms with Crippen molar-refractivity contribution in [2.45, 2.75) is 13.0 Å². The van der Waals surface area contributed by atoms with Crippen LogP contribution in [-0.4, -0.2) is 16.6 Å². The van der Waals surface area contributed by atoms with Gasteiger partial charge in [-0.2, -0.15) is 0 Å².